The van der Waals surface area contributed by atoms with Gasteiger partial charge in [-0.2, -0.15) is 4.99 Å². The van der Waals surface area contributed by atoms with E-state index in [9.17, 15) is 18.0 Å². The topological polar surface area (TPSA) is 94.8 Å². The number of amides is 1. The van der Waals surface area contributed by atoms with Crippen LogP contribution in [0.2, 0.25) is 5.02 Å². The van der Waals surface area contributed by atoms with E-state index in [1.54, 1.807) is 36.6 Å². The first kappa shape index (κ1) is 22.2. The number of carbonyl (C=O) groups excluding carboxylic acids is 2. The van der Waals surface area contributed by atoms with Gasteiger partial charge < -0.3 is 9.30 Å². The first-order valence-electron chi connectivity index (χ1n) is 9.11. The predicted molar refractivity (Wildman–Crippen MR) is 116 cm³/mol. The number of sulfone groups is 1. The highest BCUT2D eigenvalue weighted by Crippen LogP contribution is 2.22. The van der Waals surface area contributed by atoms with E-state index >= 15 is 0 Å². The van der Waals surface area contributed by atoms with Gasteiger partial charge >= 0.3 is 5.97 Å². The van der Waals surface area contributed by atoms with Gasteiger partial charge in [0.25, 0.3) is 5.91 Å². The zero-order valence-corrected chi connectivity index (χ0v) is 18.7. The van der Waals surface area contributed by atoms with Gasteiger partial charge in [0.05, 0.1) is 27.5 Å². The lowest BCUT2D eigenvalue weighted by Crippen LogP contribution is -2.23. The Morgan fingerprint density at radius 1 is 1.13 bits per heavy atom. The van der Waals surface area contributed by atoms with Crippen molar-refractivity contribution >= 4 is 54.9 Å². The molecule has 0 aliphatic carbocycles. The van der Waals surface area contributed by atoms with Crippen molar-refractivity contribution in [1.29, 1.82) is 0 Å². The van der Waals surface area contributed by atoms with Crippen LogP contribution in [0.25, 0.3) is 10.2 Å². The highest BCUT2D eigenvalue weighted by molar-refractivity contribution is 7.91. The molecule has 3 rings (SSSR count). The summed E-state index contributed by atoms with van der Waals surface area (Å²) < 4.78 is 31.3. The van der Waals surface area contributed by atoms with Crippen molar-refractivity contribution < 1.29 is 22.7 Å². The molecule has 1 amide bonds. The largest absolute Gasteiger partial charge is 0.465 e. The van der Waals surface area contributed by atoms with Crippen LogP contribution in [0, 0.1) is 0 Å². The second kappa shape index (κ2) is 9.11. The number of thiazole rings is 1. The minimum atomic E-state index is -3.35. The van der Waals surface area contributed by atoms with Gasteiger partial charge in [0.2, 0.25) is 0 Å². The Bertz CT molecular complexity index is 1270. The summed E-state index contributed by atoms with van der Waals surface area (Å²) in [6.07, 6.45) is 0. The minimum Gasteiger partial charge on any atom is -0.465 e. The molecule has 0 saturated carbocycles. The molecular formula is C20H19ClN2O5S2. The number of esters is 1. The summed E-state index contributed by atoms with van der Waals surface area (Å²) in [7, 11) is -3.35. The van der Waals surface area contributed by atoms with Crippen LogP contribution < -0.4 is 4.80 Å². The van der Waals surface area contributed by atoms with E-state index in [0.717, 1.165) is 4.70 Å². The van der Waals surface area contributed by atoms with E-state index in [1.165, 1.54) is 35.6 Å². The number of ether oxygens (including phenoxy) is 1. The van der Waals surface area contributed by atoms with E-state index < -0.39 is 21.7 Å². The number of hydrogen-bond donors (Lipinski definition) is 0. The molecule has 0 radical (unpaired) electrons. The molecule has 0 bridgehead atoms. The lowest BCUT2D eigenvalue weighted by Gasteiger charge is -2.05. The summed E-state index contributed by atoms with van der Waals surface area (Å²) in [5, 5.41) is 0.526. The Morgan fingerprint density at radius 2 is 1.83 bits per heavy atom. The fourth-order valence-electron chi connectivity index (χ4n) is 2.74. The van der Waals surface area contributed by atoms with E-state index in [1.807, 2.05) is 0 Å². The molecule has 0 saturated heterocycles. The third-order valence-corrected chi connectivity index (χ3v) is 7.30. The van der Waals surface area contributed by atoms with Crippen LogP contribution in [-0.2, 0) is 25.9 Å². The molecule has 0 N–H and O–H groups in total. The van der Waals surface area contributed by atoms with Crippen LogP contribution in [-0.4, -0.2) is 37.2 Å². The lowest BCUT2D eigenvalue weighted by atomic mass is 10.2. The molecule has 0 spiro atoms. The molecule has 158 valence electrons. The van der Waals surface area contributed by atoms with Gasteiger partial charge in [0.15, 0.2) is 14.6 Å². The van der Waals surface area contributed by atoms with Gasteiger partial charge in [-0.05, 0) is 49.4 Å². The number of hydrogen-bond acceptors (Lipinski definition) is 6. The molecule has 0 unspecified atom stereocenters. The standard InChI is InChI=1S/C20H19ClN2O5S2/c1-3-28-18(24)12-23-16-10-7-14(21)11-17(16)29-20(23)22-19(25)13-5-8-15(9-6-13)30(26,27)4-2/h5-11H,3-4,12H2,1-2H3. The SMILES string of the molecule is CCOC(=O)Cn1c(=NC(=O)c2ccc(S(=O)(=O)CC)cc2)sc2cc(Cl)ccc21. The number of rotatable bonds is 6. The molecule has 1 aromatic heterocycles. The average molecular weight is 467 g/mol. The van der Waals surface area contributed by atoms with Crippen molar-refractivity contribution in [3.8, 4) is 0 Å². The highest BCUT2D eigenvalue weighted by Gasteiger charge is 2.15. The summed E-state index contributed by atoms with van der Waals surface area (Å²) >= 11 is 7.28. The molecule has 30 heavy (non-hydrogen) atoms. The van der Waals surface area contributed by atoms with Crippen molar-refractivity contribution in [2.75, 3.05) is 12.4 Å². The Labute approximate surface area is 182 Å². The maximum atomic E-state index is 12.7. The molecule has 1 heterocycles. The van der Waals surface area contributed by atoms with Crippen LogP contribution in [0.5, 0.6) is 0 Å². The fraction of sp³-hybridized carbons (Fsp3) is 0.250. The Morgan fingerprint density at radius 3 is 2.47 bits per heavy atom. The Kier molecular flexibility index (Phi) is 6.74. The van der Waals surface area contributed by atoms with Crippen molar-refractivity contribution in [1.82, 2.24) is 4.57 Å². The molecule has 0 atom stereocenters. The number of halogens is 1. The maximum absolute atomic E-state index is 12.7. The normalized spacial score (nSPS) is 12.3. The molecule has 10 heteroatoms. The van der Waals surface area contributed by atoms with Crippen LogP contribution in [0.1, 0.15) is 24.2 Å². The van der Waals surface area contributed by atoms with Crippen LogP contribution in [0.3, 0.4) is 0 Å². The highest BCUT2D eigenvalue weighted by atomic mass is 35.5. The minimum absolute atomic E-state index is 0.0249. The molecule has 0 aliphatic rings. The quantitative estimate of drug-likeness (QED) is 0.518. The van der Waals surface area contributed by atoms with Gasteiger partial charge in [-0.1, -0.05) is 29.9 Å². The Hall–Kier alpha value is -2.49. The molecule has 2 aromatic carbocycles. The summed E-state index contributed by atoms with van der Waals surface area (Å²) in [5.41, 5.74) is 0.941. The van der Waals surface area contributed by atoms with E-state index in [4.69, 9.17) is 16.3 Å². The van der Waals surface area contributed by atoms with Crippen molar-refractivity contribution in [3.63, 3.8) is 0 Å². The van der Waals surface area contributed by atoms with Crippen molar-refractivity contribution in [3.05, 3.63) is 57.9 Å². The third-order valence-electron chi connectivity index (χ3n) is 4.27. The van der Waals surface area contributed by atoms with Gasteiger partial charge in [0.1, 0.15) is 6.54 Å². The van der Waals surface area contributed by atoms with Crippen LogP contribution in [0.4, 0.5) is 0 Å². The third kappa shape index (κ3) is 4.80. The number of fused-ring (bicyclic) bond motifs is 1. The number of nitrogens with zero attached hydrogens (tertiary/aromatic N) is 2. The zero-order valence-electron chi connectivity index (χ0n) is 16.3. The maximum Gasteiger partial charge on any atom is 0.326 e. The first-order valence-corrected chi connectivity index (χ1v) is 12.0. The summed E-state index contributed by atoms with van der Waals surface area (Å²) in [5.74, 6) is -1.02. The van der Waals surface area contributed by atoms with Crippen molar-refractivity contribution in [2.45, 2.75) is 25.3 Å². The van der Waals surface area contributed by atoms with E-state index in [-0.39, 0.29) is 29.4 Å². The number of aromatic nitrogens is 1. The molecular weight excluding hydrogens is 448 g/mol. The second-order valence-corrected chi connectivity index (χ2v) is 9.96. The number of benzene rings is 2. The summed E-state index contributed by atoms with van der Waals surface area (Å²) in [6, 6.07) is 10.8. The molecule has 7 nitrogen and oxygen atoms in total. The monoisotopic (exact) mass is 466 g/mol. The van der Waals surface area contributed by atoms with Gasteiger partial charge in [0, 0.05) is 10.6 Å². The molecule has 0 aliphatic heterocycles. The van der Waals surface area contributed by atoms with E-state index in [2.05, 4.69) is 4.99 Å². The van der Waals surface area contributed by atoms with Crippen molar-refractivity contribution in [2.24, 2.45) is 4.99 Å². The summed E-state index contributed by atoms with van der Waals surface area (Å²) in [4.78, 5) is 29.4. The van der Waals surface area contributed by atoms with Gasteiger partial charge in [-0.25, -0.2) is 8.42 Å². The lowest BCUT2D eigenvalue weighted by molar-refractivity contribution is -0.143. The zero-order chi connectivity index (χ0) is 21.9. The average Bonchev–Trinajstić information content (AvgIpc) is 3.04. The predicted octanol–water partition coefficient (Wildman–Crippen LogP) is 3.45. The Balaban J connectivity index is 2.04. The second-order valence-electron chi connectivity index (χ2n) is 6.23. The van der Waals surface area contributed by atoms with Crippen LogP contribution >= 0.6 is 22.9 Å². The molecule has 0 fully saturated rings. The van der Waals surface area contributed by atoms with E-state index in [0.29, 0.717) is 15.3 Å². The van der Waals surface area contributed by atoms with Crippen LogP contribution in [0.15, 0.2) is 52.4 Å². The van der Waals surface area contributed by atoms with Gasteiger partial charge in [-0.15, -0.1) is 0 Å². The smallest absolute Gasteiger partial charge is 0.326 e. The summed E-state index contributed by atoms with van der Waals surface area (Å²) in [6.45, 7) is 3.41. The van der Waals surface area contributed by atoms with Gasteiger partial charge in [-0.3, -0.25) is 9.59 Å². The first-order chi connectivity index (χ1) is 14.2. The fourth-order valence-corrected chi connectivity index (χ4v) is 4.93. The molecule has 3 aromatic rings. The number of carbonyl (C=O) groups is 2.